The molecule has 0 spiro atoms. The molecule has 1 saturated heterocycles. The molecule has 32 heavy (non-hydrogen) atoms. The fourth-order valence-corrected chi connectivity index (χ4v) is 4.97. The van der Waals surface area contributed by atoms with Gasteiger partial charge in [-0.2, -0.15) is 0 Å². The SMILES string of the molecule is CCOC(=O)C=C1NC(C)(C)CC1(C(=O)OCC)C1=Cc2cc(C)ccc2CC(C)(C)[NH2+]1. The second-order valence-electron chi connectivity index (χ2n) is 10.2. The van der Waals surface area contributed by atoms with Gasteiger partial charge in [-0.3, -0.25) is 4.79 Å². The Hall–Kier alpha value is -2.60. The number of nitrogens with one attached hydrogen (secondary N) is 1. The fraction of sp³-hybridized carbons (Fsp3) is 0.538. The second kappa shape index (κ2) is 8.74. The number of fused-ring (bicyclic) bond motifs is 1. The molecule has 1 aromatic rings. The summed E-state index contributed by atoms with van der Waals surface area (Å²) >= 11 is 0. The highest BCUT2D eigenvalue weighted by molar-refractivity contribution is 5.91. The Balaban J connectivity index is 2.28. The second-order valence-corrected chi connectivity index (χ2v) is 10.2. The van der Waals surface area contributed by atoms with Crippen LogP contribution in [0.2, 0.25) is 0 Å². The van der Waals surface area contributed by atoms with Gasteiger partial charge in [0.05, 0.1) is 18.8 Å². The molecule has 0 aliphatic carbocycles. The van der Waals surface area contributed by atoms with Crippen LogP contribution in [-0.4, -0.2) is 36.2 Å². The lowest BCUT2D eigenvalue weighted by Crippen LogP contribution is -2.95. The van der Waals surface area contributed by atoms with E-state index in [1.165, 1.54) is 11.6 Å². The maximum Gasteiger partial charge on any atom is 0.332 e. The molecule has 2 aliphatic heterocycles. The predicted molar refractivity (Wildman–Crippen MR) is 124 cm³/mol. The van der Waals surface area contributed by atoms with Crippen molar-refractivity contribution in [2.24, 2.45) is 5.41 Å². The van der Waals surface area contributed by atoms with Gasteiger partial charge in [0.1, 0.15) is 5.70 Å². The van der Waals surface area contributed by atoms with E-state index in [2.05, 4.69) is 55.7 Å². The summed E-state index contributed by atoms with van der Waals surface area (Å²) in [6.07, 6.45) is 4.87. The van der Waals surface area contributed by atoms with E-state index in [0.717, 1.165) is 23.2 Å². The molecule has 3 N–H and O–H groups in total. The van der Waals surface area contributed by atoms with E-state index in [1.807, 2.05) is 20.8 Å². The highest BCUT2D eigenvalue weighted by atomic mass is 16.5. The average Bonchev–Trinajstić information content (AvgIpc) is 2.85. The Morgan fingerprint density at radius 3 is 2.47 bits per heavy atom. The van der Waals surface area contributed by atoms with Crippen molar-refractivity contribution in [2.75, 3.05) is 13.2 Å². The molecular formula is C26H37N2O4+. The number of benzene rings is 1. The molecule has 1 atom stereocenters. The maximum absolute atomic E-state index is 13.7. The van der Waals surface area contributed by atoms with Gasteiger partial charge >= 0.3 is 11.9 Å². The minimum absolute atomic E-state index is 0.187. The molecule has 174 valence electrons. The van der Waals surface area contributed by atoms with Crippen LogP contribution < -0.4 is 10.6 Å². The summed E-state index contributed by atoms with van der Waals surface area (Å²) in [5.41, 5.74) is 3.19. The highest BCUT2D eigenvalue weighted by Gasteiger charge is 2.59. The minimum Gasteiger partial charge on any atom is -0.465 e. The van der Waals surface area contributed by atoms with Crippen molar-refractivity contribution in [3.8, 4) is 0 Å². The van der Waals surface area contributed by atoms with Crippen LogP contribution in [0.4, 0.5) is 0 Å². The van der Waals surface area contributed by atoms with E-state index in [9.17, 15) is 9.59 Å². The third kappa shape index (κ3) is 4.75. The Bertz CT molecular complexity index is 974. The zero-order chi connectivity index (χ0) is 23.7. The number of nitrogens with two attached hydrogens (primary N) is 1. The molecule has 2 aliphatic rings. The average molecular weight is 442 g/mol. The van der Waals surface area contributed by atoms with Crippen molar-refractivity contribution in [3.05, 3.63) is 52.4 Å². The van der Waals surface area contributed by atoms with Crippen molar-refractivity contribution in [1.29, 1.82) is 0 Å². The Kier molecular flexibility index (Phi) is 6.57. The van der Waals surface area contributed by atoms with E-state index >= 15 is 0 Å². The Morgan fingerprint density at radius 2 is 1.81 bits per heavy atom. The molecule has 1 fully saturated rings. The number of aryl methyl sites for hydroxylation is 1. The lowest BCUT2D eigenvalue weighted by molar-refractivity contribution is -0.682. The monoisotopic (exact) mass is 441 g/mol. The molecule has 3 rings (SSSR count). The van der Waals surface area contributed by atoms with Gasteiger partial charge in [0.25, 0.3) is 0 Å². The first-order valence-corrected chi connectivity index (χ1v) is 11.4. The van der Waals surface area contributed by atoms with Crippen LogP contribution in [0.5, 0.6) is 0 Å². The number of quaternary nitrogens is 1. The number of ether oxygens (including phenoxy) is 2. The van der Waals surface area contributed by atoms with Crippen molar-refractivity contribution in [2.45, 2.75) is 72.4 Å². The molecule has 6 nitrogen and oxygen atoms in total. The van der Waals surface area contributed by atoms with Crippen molar-refractivity contribution in [1.82, 2.24) is 5.32 Å². The lowest BCUT2D eigenvalue weighted by atomic mass is 9.75. The molecule has 0 bridgehead atoms. The van der Waals surface area contributed by atoms with Crippen LogP contribution in [0.25, 0.3) is 6.08 Å². The van der Waals surface area contributed by atoms with Gasteiger partial charge < -0.3 is 20.1 Å². The van der Waals surface area contributed by atoms with Crippen molar-refractivity contribution >= 4 is 18.0 Å². The number of hydrogen-bond donors (Lipinski definition) is 2. The smallest absolute Gasteiger partial charge is 0.332 e. The molecule has 1 unspecified atom stereocenters. The van der Waals surface area contributed by atoms with Gasteiger partial charge in [0.15, 0.2) is 5.41 Å². The van der Waals surface area contributed by atoms with Crippen LogP contribution in [-0.2, 0) is 25.5 Å². The molecule has 0 saturated carbocycles. The third-order valence-electron chi connectivity index (χ3n) is 6.11. The molecule has 1 aromatic carbocycles. The molecule has 0 aromatic heterocycles. The topological polar surface area (TPSA) is 81.2 Å². The summed E-state index contributed by atoms with van der Waals surface area (Å²) < 4.78 is 10.8. The first-order chi connectivity index (χ1) is 14.9. The highest BCUT2D eigenvalue weighted by Crippen LogP contribution is 2.48. The molecule has 6 heteroatoms. The number of esters is 2. The Morgan fingerprint density at radius 1 is 1.12 bits per heavy atom. The van der Waals surface area contributed by atoms with E-state index in [-0.39, 0.29) is 24.7 Å². The summed E-state index contributed by atoms with van der Waals surface area (Å²) in [6, 6.07) is 6.45. The number of carbonyl (C=O) groups excluding carboxylic acids is 2. The van der Waals surface area contributed by atoms with Gasteiger partial charge in [0, 0.05) is 36.2 Å². The van der Waals surface area contributed by atoms with Crippen LogP contribution in [0, 0.1) is 12.3 Å². The first-order valence-electron chi connectivity index (χ1n) is 11.4. The lowest BCUT2D eigenvalue weighted by Gasteiger charge is -2.32. The van der Waals surface area contributed by atoms with Crippen LogP contribution in [0.1, 0.15) is 64.7 Å². The van der Waals surface area contributed by atoms with E-state index in [4.69, 9.17) is 9.47 Å². The molecule has 0 amide bonds. The number of hydrogen-bond acceptors (Lipinski definition) is 5. The van der Waals surface area contributed by atoms with E-state index in [0.29, 0.717) is 12.1 Å². The van der Waals surface area contributed by atoms with Gasteiger partial charge in [-0.25, -0.2) is 4.79 Å². The standard InChI is InChI=1S/C26H36N2O4/c1-8-31-22(29)14-21-26(23(30)32-9-2,16-25(6,7)28-21)20-13-19-12-17(3)10-11-18(19)15-24(4,5)27-20/h10-14,27-28H,8-9,15-16H2,1-7H3/p+1. The van der Waals surface area contributed by atoms with Crippen LogP contribution in [0.15, 0.2) is 35.7 Å². The fourth-order valence-electron chi connectivity index (χ4n) is 4.97. The summed E-state index contributed by atoms with van der Waals surface area (Å²) in [7, 11) is 0. The van der Waals surface area contributed by atoms with Crippen molar-refractivity contribution < 1.29 is 24.4 Å². The van der Waals surface area contributed by atoms with Crippen LogP contribution >= 0.6 is 0 Å². The van der Waals surface area contributed by atoms with Gasteiger partial charge in [0.2, 0.25) is 0 Å². The molecule has 0 radical (unpaired) electrons. The van der Waals surface area contributed by atoms with E-state index in [1.54, 1.807) is 6.92 Å². The quantitative estimate of drug-likeness (QED) is 0.542. The van der Waals surface area contributed by atoms with E-state index < -0.39 is 16.9 Å². The summed E-state index contributed by atoms with van der Waals surface area (Å²) in [6.45, 7) is 14.6. The Labute approximate surface area is 191 Å². The first kappa shape index (κ1) is 24.1. The van der Waals surface area contributed by atoms with Gasteiger partial charge in [-0.05, 0) is 59.6 Å². The van der Waals surface area contributed by atoms with Crippen molar-refractivity contribution in [3.63, 3.8) is 0 Å². The zero-order valence-electron chi connectivity index (χ0n) is 20.4. The van der Waals surface area contributed by atoms with Gasteiger partial charge in [-0.1, -0.05) is 23.8 Å². The third-order valence-corrected chi connectivity index (χ3v) is 6.11. The summed E-state index contributed by atoms with van der Waals surface area (Å²) in [4.78, 5) is 26.2. The normalized spacial score (nSPS) is 24.7. The van der Waals surface area contributed by atoms with Crippen LogP contribution in [0.3, 0.4) is 0 Å². The zero-order valence-corrected chi connectivity index (χ0v) is 20.4. The summed E-state index contributed by atoms with van der Waals surface area (Å²) in [5.74, 6) is -0.811. The number of carbonyl (C=O) groups is 2. The molecule has 2 heterocycles. The van der Waals surface area contributed by atoms with Gasteiger partial charge in [-0.15, -0.1) is 0 Å². The largest absolute Gasteiger partial charge is 0.465 e. The predicted octanol–water partition coefficient (Wildman–Crippen LogP) is 3.00. The maximum atomic E-state index is 13.7. The minimum atomic E-state index is -1.12. The summed E-state index contributed by atoms with van der Waals surface area (Å²) in [5, 5.41) is 5.61. The molecular weight excluding hydrogens is 404 g/mol. The number of rotatable bonds is 5.